The van der Waals surface area contributed by atoms with Crippen molar-refractivity contribution in [2.24, 2.45) is 27.9 Å². The van der Waals surface area contributed by atoms with E-state index in [2.05, 4.69) is 63.1 Å². The zero-order valence-corrected chi connectivity index (χ0v) is 21.8. The molecule has 0 bridgehead atoms. The van der Waals surface area contributed by atoms with E-state index in [9.17, 15) is 0 Å². The summed E-state index contributed by atoms with van der Waals surface area (Å²) < 4.78 is 3.01. The SMILES string of the molecule is C.C.C.C.F.F.N#CN.[CH3][Sn][c]1cccc(CN)c1.[CH3][Sn][c]1cccc(CN=C(N)N)c1. The van der Waals surface area contributed by atoms with E-state index in [0.717, 1.165) is 0 Å². The van der Waals surface area contributed by atoms with Gasteiger partial charge < -0.3 is 5.73 Å². The first-order valence-corrected chi connectivity index (χ1v) is 16.4. The van der Waals surface area contributed by atoms with Gasteiger partial charge in [-0.1, -0.05) is 29.7 Å². The molecule has 0 saturated carbocycles. The van der Waals surface area contributed by atoms with Crippen LogP contribution in [0.4, 0.5) is 9.41 Å². The van der Waals surface area contributed by atoms with Crippen LogP contribution in [-0.4, -0.2) is 48.2 Å². The number of hydrogen-bond acceptors (Lipinski definition) is 4. The standard InChI is InChI=1S/C8H10N3.C7H8N.CH2N2.4CH4.2CH3.2FH.2Sn/c9-8(10)11-6-7-4-2-1-3-5-7;8-6-7-4-2-1-3-5-7;2-1-3;;;;;;;;;;/h1-2,4-5H,6H2,(H4,9,10,11);1-2,4-5H,6,8H2;2H2;4*1H4;2*1H3;2*1H;;. The Hall–Kier alpha value is -1.58. The number of aliphatic imine (C=N–C) groups is 1. The number of benzene rings is 2. The van der Waals surface area contributed by atoms with Gasteiger partial charge in [0, 0.05) is 0 Å². The average molecular weight is 668 g/mol. The van der Waals surface area contributed by atoms with Crippen LogP contribution in [0.15, 0.2) is 53.5 Å². The van der Waals surface area contributed by atoms with Crippen molar-refractivity contribution in [3.05, 3.63) is 59.7 Å². The summed E-state index contributed by atoms with van der Waals surface area (Å²) in [6.45, 7) is 1.27. The molecule has 2 rings (SSSR count). The van der Waals surface area contributed by atoms with Crippen LogP contribution < -0.4 is 30.1 Å². The van der Waals surface area contributed by atoms with Crippen LogP contribution in [0.2, 0.25) is 9.88 Å². The van der Waals surface area contributed by atoms with E-state index in [1.807, 2.05) is 6.07 Å². The number of rotatable bonds is 5. The van der Waals surface area contributed by atoms with Crippen molar-refractivity contribution in [1.82, 2.24) is 0 Å². The second-order valence-corrected chi connectivity index (χ2v) is 11.1. The molecule has 8 N–H and O–H groups in total. The van der Waals surface area contributed by atoms with E-state index in [-0.39, 0.29) is 87.4 Å². The molecule has 10 heteroatoms. The van der Waals surface area contributed by atoms with E-state index in [4.69, 9.17) is 22.5 Å². The predicted molar refractivity (Wildman–Crippen MR) is 145 cm³/mol. The van der Waals surface area contributed by atoms with Gasteiger partial charge in [-0.3, -0.25) is 9.41 Å². The fourth-order valence-electron chi connectivity index (χ4n) is 1.86. The Balaban J connectivity index is -0.0000000604. The van der Waals surface area contributed by atoms with Gasteiger partial charge in [0.15, 0.2) is 6.19 Å². The van der Waals surface area contributed by atoms with Crippen molar-refractivity contribution in [3.63, 3.8) is 0 Å². The van der Waals surface area contributed by atoms with Gasteiger partial charge in [0.25, 0.3) is 0 Å². The molecule has 4 radical (unpaired) electrons. The molecule has 0 fully saturated rings. The molecule has 0 aliphatic heterocycles. The molecule has 0 unspecified atom stereocenters. The molecule has 0 atom stereocenters. The van der Waals surface area contributed by atoms with Crippen LogP contribution in [0.1, 0.15) is 40.8 Å². The number of nitriles is 1. The van der Waals surface area contributed by atoms with Gasteiger partial charge in [-0.15, -0.1) is 0 Å². The molecule has 0 saturated heterocycles. The maximum absolute atomic E-state index is 7.10. The number of halogens is 2. The van der Waals surface area contributed by atoms with Gasteiger partial charge in [0.2, 0.25) is 0 Å². The van der Waals surface area contributed by atoms with Crippen LogP contribution >= 0.6 is 0 Å². The first kappa shape index (κ1) is 48.0. The van der Waals surface area contributed by atoms with Gasteiger partial charge in [-0.2, -0.15) is 5.26 Å². The minimum atomic E-state index is -0.327. The molecule has 6 nitrogen and oxygen atoms in total. The van der Waals surface area contributed by atoms with Crippen LogP contribution in [-0.2, 0) is 13.1 Å². The van der Waals surface area contributed by atoms with Crippen molar-refractivity contribution in [1.29, 1.82) is 5.26 Å². The minimum absolute atomic E-state index is 0. The zero-order chi connectivity index (χ0) is 19.8. The Labute approximate surface area is 215 Å². The Morgan fingerprint density at radius 3 is 1.59 bits per heavy atom. The molecule has 0 amide bonds. The Morgan fingerprint density at radius 1 is 0.875 bits per heavy atom. The van der Waals surface area contributed by atoms with Gasteiger partial charge in [0.1, 0.15) is 0 Å². The van der Waals surface area contributed by atoms with Crippen LogP contribution in [0.3, 0.4) is 0 Å². The van der Waals surface area contributed by atoms with E-state index in [1.165, 1.54) is 24.5 Å². The molecule has 2 aromatic carbocycles. The quantitative estimate of drug-likeness (QED) is 0.128. The van der Waals surface area contributed by atoms with Crippen molar-refractivity contribution in [3.8, 4) is 6.19 Å². The molecule has 184 valence electrons. The molecule has 32 heavy (non-hydrogen) atoms. The van der Waals surface area contributed by atoms with E-state index < -0.39 is 0 Å². The third-order valence-corrected chi connectivity index (χ3v) is 8.18. The fraction of sp³-hybridized carbons (Fsp3) is 0.364. The second kappa shape index (κ2) is 31.6. The maximum atomic E-state index is 7.10. The van der Waals surface area contributed by atoms with Crippen LogP contribution in [0, 0.1) is 11.5 Å². The summed E-state index contributed by atoms with van der Waals surface area (Å²) in [5.74, 6) is 0.155. The summed E-state index contributed by atoms with van der Waals surface area (Å²) in [5, 5.41) is 7.10. The molecule has 0 aliphatic rings. The first-order valence-electron chi connectivity index (χ1n) is 7.89. The molecule has 0 spiro atoms. The summed E-state index contributed by atoms with van der Waals surface area (Å²) >= 11 is -0.565. The summed E-state index contributed by atoms with van der Waals surface area (Å²) in [4.78, 5) is 8.57. The van der Waals surface area contributed by atoms with E-state index in [0.29, 0.717) is 13.1 Å². The number of nitrogens with two attached hydrogens (primary N) is 4. The summed E-state index contributed by atoms with van der Waals surface area (Å²) in [6, 6.07) is 17.1. The Morgan fingerprint density at radius 2 is 1.25 bits per heavy atom. The topological polar surface area (TPSA) is 140 Å². The number of guanidine groups is 1. The molecule has 0 heterocycles. The van der Waals surface area contributed by atoms with Gasteiger partial charge in [-0.25, -0.2) is 0 Å². The summed E-state index contributed by atoms with van der Waals surface area (Å²) in [7, 11) is 0. The van der Waals surface area contributed by atoms with Crippen molar-refractivity contribution in [2.75, 3.05) is 0 Å². The Kier molecular flexibility index (Phi) is 47.4. The monoisotopic (exact) mass is 670 g/mol. The molecular weight excluding hydrogens is 624 g/mol. The van der Waals surface area contributed by atoms with Crippen molar-refractivity contribution >= 4 is 55.4 Å². The summed E-state index contributed by atoms with van der Waals surface area (Å²) in [5.41, 5.74) is 22.6. The van der Waals surface area contributed by atoms with Crippen molar-refractivity contribution < 1.29 is 9.41 Å². The molecular formula is C22H44F2N6Sn2. The third-order valence-electron chi connectivity index (χ3n) is 3.11. The summed E-state index contributed by atoms with van der Waals surface area (Å²) in [6.07, 6.45) is 1.25. The number of nitrogens with zero attached hydrogens (tertiary/aromatic N) is 2. The van der Waals surface area contributed by atoms with Gasteiger partial charge >= 0.3 is 160 Å². The molecule has 2 aromatic rings. The predicted octanol–water partition coefficient (Wildman–Crippen LogP) is 2.64. The van der Waals surface area contributed by atoms with E-state index >= 15 is 0 Å². The normalized spacial score (nSPS) is 7.19. The number of hydrogen-bond donors (Lipinski definition) is 4. The van der Waals surface area contributed by atoms with Gasteiger partial charge in [-0.05, 0) is 0 Å². The molecule has 0 aliphatic carbocycles. The van der Waals surface area contributed by atoms with Crippen molar-refractivity contribution in [2.45, 2.75) is 52.7 Å². The van der Waals surface area contributed by atoms with Crippen LogP contribution in [0.25, 0.3) is 0 Å². The fourth-order valence-corrected chi connectivity index (χ4v) is 5.24. The molecule has 0 aromatic heterocycles. The second-order valence-electron chi connectivity index (χ2n) is 4.98. The average Bonchev–Trinajstić information content (AvgIpc) is 2.67. The van der Waals surface area contributed by atoms with Gasteiger partial charge in [0.05, 0.1) is 0 Å². The third kappa shape index (κ3) is 24.7. The van der Waals surface area contributed by atoms with E-state index in [1.54, 1.807) is 0 Å². The van der Waals surface area contributed by atoms with Crippen LogP contribution in [0.5, 0.6) is 0 Å². The first-order chi connectivity index (χ1) is 12.5. The zero-order valence-electron chi connectivity index (χ0n) is 16.1. The Bertz CT molecular complexity index is 702.